The highest BCUT2D eigenvalue weighted by atomic mass is 19.3. The first kappa shape index (κ1) is 18.5. The third kappa shape index (κ3) is 4.36. The SMILES string of the molecule is FC(F)COc1ccn2c(-c3cncc(NC[C@@H]4CCCNC4)n3)cnc2c1. The molecule has 0 aliphatic carbocycles. The number of anilines is 1. The standard InChI is InChI=1S/C19H22F2N6O/c20-17(21)12-28-14-3-5-27-16(10-25-19(27)6-14)15-9-23-11-18(26-15)24-8-13-2-1-4-22-7-13/h3,5-6,9-11,13,17,22H,1-2,4,7-8,12H2,(H,24,26)/t13-/m1/s1. The maximum Gasteiger partial charge on any atom is 0.272 e. The predicted molar refractivity (Wildman–Crippen MR) is 102 cm³/mol. The lowest BCUT2D eigenvalue weighted by Gasteiger charge is -2.23. The lowest BCUT2D eigenvalue weighted by atomic mass is 10.00. The number of halogens is 2. The van der Waals surface area contributed by atoms with Crippen molar-refractivity contribution in [2.24, 2.45) is 5.92 Å². The van der Waals surface area contributed by atoms with Crippen molar-refractivity contribution in [3.8, 4) is 17.1 Å². The molecule has 28 heavy (non-hydrogen) atoms. The van der Waals surface area contributed by atoms with Gasteiger partial charge in [-0.05, 0) is 37.9 Å². The average molecular weight is 388 g/mol. The fraction of sp³-hybridized carbons (Fsp3) is 0.421. The van der Waals surface area contributed by atoms with E-state index in [-0.39, 0.29) is 0 Å². The first-order valence-corrected chi connectivity index (χ1v) is 9.34. The highest BCUT2D eigenvalue weighted by Gasteiger charge is 2.14. The third-order valence-corrected chi connectivity index (χ3v) is 4.73. The number of fused-ring (bicyclic) bond motifs is 1. The minimum Gasteiger partial charge on any atom is -0.487 e. The molecule has 7 nitrogen and oxygen atoms in total. The smallest absolute Gasteiger partial charge is 0.272 e. The molecule has 1 fully saturated rings. The Morgan fingerprint density at radius 1 is 1.32 bits per heavy atom. The van der Waals surface area contributed by atoms with Crippen LogP contribution in [0.5, 0.6) is 5.75 Å². The molecule has 4 heterocycles. The van der Waals surface area contributed by atoms with Gasteiger partial charge in [0.25, 0.3) is 6.43 Å². The number of aromatic nitrogens is 4. The van der Waals surface area contributed by atoms with E-state index in [1.165, 1.54) is 12.8 Å². The topological polar surface area (TPSA) is 76.4 Å². The number of nitrogens with zero attached hydrogens (tertiary/aromatic N) is 4. The van der Waals surface area contributed by atoms with Crippen LogP contribution in [0.2, 0.25) is 0 Å². The number of hydrogen-bond acceptors (Lipinski definition) is 6. The molecule has 0 spiro atoms. The summed E-state index contributed by atoms with van der Waals surface area (Å²) in [6.45, 7) is 2.32. The van der Waals surface area contributed by atoms with Gasteiger partial charge in [0.05, 0.1) is 24.3 Å². The van der Waals surface area contributed by atoms with Gasteiger partial charge in [-0.3, -0.25) is 9.38 Å². The minimum absolute atomic E-state index is 0.354. The van der Waals surface area contributed by atoms with E-state index in [1.807, 2.05) is 4.40 Å². The van der Waals surface area contributed by atoms with Crippen molar-refractivity contribution in [1.82, 2.24) is 24.7 Å². The largest absolute Gasteiger partial charge is 0.487 e. The second-order valence-electron chi connectivity index (χ2n) is 6.82. The first-order chi connectivity index (χ1) is 13.7. The number of ether oxygens (including phenoxy) is 1. The lowest BCUT2D eigenvalue weighted by molar-refractivity contribution is 0.0819. The number of rotatable bonds is 7. The molecule has 3 aromatic heterocycles. The summed E-state index contributed by atoms with van der Waals surface area (Å²) < 4.78 is 31.5. The van der Waals surface area contributed by atoms with Gasteiger partial charge in [0.15, 0.2) is 0 Å². The van der Waals surface area contributed by atoms with Crippen molar-refractivity contribution in [3.05, 3.63) is 36.9 Å². The summed E-state index contributed by atoms with van der Waals surface area (Å²) in [7, 11) is 0. The summed E-state index contributed by atoms with van der Waals surface area (Å²) in [5, 5.41) is 6.77. The molecule has 0 unspecified atom stereocenters. The van der Waals surface area contributed by atoms with Crippen molar-refractivity contribution < 1.29 is 13.5 Å². The molecular weight excluding hydrogens is 366 g/mol. The van der Waals surface area contributed by atoms with Gasteiger partial charge in [-0.25, -0.2) is 18.7 Å². The number of imidazole rings is 1. The number of piperidine rings is 1. The molecule has 0 bridgehead atoms. The summed E-state index contributed by atoms with van der Waals surface area (Å²) in [4.78, 5) is 13.3. The van der Waals surface area contributed by atoms with Crippen LogP contribution in [0.25, 0.3) is 17.0 Å². The molecular formula is C19H22F2N6O. The van der Waals surface area contributed by atoms with Crippen LogP contribution in [-0.4, -0.2) is 52.0 Å². The van der Waals surface area contributed by atoms with E-state index < -0.39 is 13.0 Å². The van der Waals surface area contributed by atoms with Crippen molar-refractivity contribution in [1.29, 1.82) is 0 Å². The summed E-state index contributed by atoms with van der Waals surface area (Å²) in [6, 6.07) is 3.25. The Balaban J connectivity index is 1.49. The number of pyridine rings is 1. The molecule has 0 radical (unpaired) electrons. The van der Waals surface area contributed by atoms with E-state index in [2.05, 4.69) is 25.6 Å². The first-order valence-electron chi connectivity index (χ1n) is 9.34. The van der Waals surface area contributed by atoms with Gasteiger partial charge in [0.1, 0.15) is 29.5 Å². The van der Waals surface area contributed by atoms with Gasteiger partial charge in [-0.2, -0.15) is 0 Å². The fourth-order valence-electron chi connectivity index (χ4n) is 3.32. The summed E-state index contributed by atoms with van der Waals surface area (Å²) in [5.41, 5.74) is 2.04. The van der Waals surface area contributed by atoms with E-state index in [4.69, 9.17) is 4.74 Å². The highest BCUT2D eigenvalue weighted by molar-refractivity contribution is 5.61. The third-order valence-electron chi connectivity index (χ3n) is 4.73. The minimum atomic E-state index is -2.51. The Kier molecular flexibility index (Phi) is 5.61. The normalized spacial score (nSPS) is 17.2. The Labute approximate surface area is 161 Å². The number of hydrogen-bond donors (Lipinski definition) is 2. The Morgan fingerprint density at radius 3 is 3.07 bits per heavy atom. The van der Waals surface area contributed by atoms with Gasteiger partial charge in [0.2, 0.25) is 0 Å². The molecule has 1 saturated heterocycles. The van der Waals surface area contributed by atoms with E-state index in [1.54, 1.807) is 36.9 Å². The van der Waals surface area contributed by atoms with Crippen molar-refractivity contribution >= 4 is 11.5 Å². The maximum atomic E-state index is 12.3. The van der Waals surface area contributed by atoms with Gasteiger partial charge in [-0.1, -0.05) is 0 Å². The van der Waals surface area contributed by atoms with Gasteiger partial charge < -0.3 is 15.4 Å². The molecule has 0 aromatic carbocycles. The fourth-order valence-corrected chi connectivity index (χ4v) is 3.32. The van der Waals surface area contributed by atoms with Gasteiger partial charge >= 0.3 is 0 Å². The molecule has 2 N–H and O–H groups in total. The van der Waals surface area contributed by atoms with Crippen LogP contribution in [0.3, 0.4) is 0 Å². The molecule has 1 aliphatic rings. The van der Waals surface area contributed by atoms with E-state index in [0.29, 0.717) is 23.0 Å². The van der Waals surface area contributed by atoms with Crippen molar-refractivity contribution in [2.75, 3.05) is 31.6 Å². The van der Waals surface area contributed by atoms with Crippen LogP contribution >= 0.6 is 0 Å². The van der Waals surface area contributed by atoms with E-state index >= 15 is 0 Å². The molecule has 9 heteroatoms. The maximum absolute atomic E-state index is 12.3. The zero-order valence-electron chi connectivity index (χ0n) is 15.3. The lowest BCUT2D eigenvalue weighted by Crippen LogP contribution is -2.33. The van der Waals surface area contributed by atoms with Crippen LogP contribution < -0.4 is 15.4 Å². The van der Waals surface area contributed by atoms with Crippen molar-refractivity contribution in [2.45, 2.75) is 19.3 Å². The van der Waals surface area contributed by atoms with E-state index in [0.717, 1.165) is 31.1 Å². The Bertz CT molecular complexity index is 926. The average Bonchev–Trinajstić information content (AvgIpc) is 3.15. The molecule has 148 valence electrons. The molecule has 1 aliphatic heterocycles. The van der Waals surface area contributed by atoms with Crippen LogP contribution in [0, 0.1) is 5.92 Å². The summed E-state index contributed by atoms with van der Waals surface area (Å²) in [6.07, 6.45) is 6.69. The summed E-state index contributed by atoms with van der Waals surface area (Å²) >= 11 is 0. The zero-order chi connectivity index (χ0) is 19.3. The number of alkyl halides is 2. The monoisotopic (exact) mass is 388 g/mol. The quantitative estimate of drug-likeness (QED) is 0.648. The predicted octanol–water partition coefficient (Wildman–Crippen LogP) is 2.85. The van der Waals surface area contributed by atoms with Gasteiger partial charge in [-0.15, -0.1) is 0 Å². The molecule has 0 amide bonds. The van der Waals surface area contributed by atoms with Crippen LogP contribution in [0.4, 0.5) is 14.6 Å². The second kappa shape index (κ2) is 8.47. The van der Waals surface area contributed by atoms with Crippen LogP contribution in [0.15, 0.2) is 36.9 Å². The van der Waals surface area contributed by atoms with Crippen LogP contribution in [-0.2, 0) is 0 Å². The van der Waals surface area contributed by atoms with Crippen molar-refractivity contribution in [3.63, 3.8) is 0 Å². The van der Waals surface area contributed by atoms with Crippen LogP contribution in [0.1, 0.15) is 12.8 Å². The van der Waals surface area contributed by atoms with E-state index in [9.17, 15) is 8.78 Å². The summed E-state index contributed by atoms with van der Waals surface area (Å²) in [5.74, 6) is 1.66. The molecule has 4 rings (SSSR count). The molecule has 0 saturated carbocycles. The Hall–Kier alpha value is -2.81. The highest BCUT2D eigenvalue weighted by Crippen LogP contribution is 2.23. The molecule has 1 atom stereocenters. The molecule has 3 aromatic rings. The Morgan fingerprint density at radius 2 is 2.25 bits per heavy atom. The van der Waals surface area contributed by atoms with Gasteiger partial charge in [0, 0.05) is 18.8 Å². The zero-order valence-corrected chi connectivity index (χ0v) is 15.3. The second-order valence-corrected chi connectivity index (χ2v) is 6.82. The number of nitrogens with one attached hydrogen (secondary N) is 2.